The molecule has 0 radical (unpaired) electrons. The molecule has 0 aliphatic carbocycles. The quantitative estimate of drug-likeness (QED) is 0.890. The van der Waals surface area contributed by atoms with Gasteiger partial charge in [-0.05, 0) is 46.1 Å². The molecule has 90 valence electrons. The molecule has 0 atom stereocenters. The molecule has 0 fully saturated rings. The predicted octanol–water partition coefficient (Wildman–Crippen LogP) is 4.25. The highest BCUT2D eigenvalue weighted by molar-refractivity contribution is 9.10. The number of hydrogen-bond acceptors (Lipinski definition) is 2. The van der Waals surface area contributed by atoms with Crippen LogP contribution in [0.1, 0.15) is 16.0 Å². The fraction of sp³-hybridized carbons (Fsp3) is 0.231. The van der Waals surface area contributed by atoms with Gasteiger partial charge in [0.15, 0.2) is 0 Å². The lowest BCUT2D eigenvalue weighted by atomic mass is 10.1. The van der Waals surface area contributed by atoms with E-state index >= 15 is 0 Å². The average Bonchev–Trinajstić information content (AvgIpc) is 2.70. The van der Waals surface area contributed by atoms with Crippen LogP contribution in [-0.2, 0) is 13.1 Å². The van der Waals surface area contributed by atoms with Gasteiger partial charge in [-0.15, -0.1) is 11.3 Å². The maximum absolute atomic E-state index is 13.1. The Kier molecular flexibility index (Phi) is 4.31. The zero-order valence-electron chi connectivity index (χ0n) is 9.47. The van der Waals surface area contributed by atoms with Crippen LogP contribution in [0.4, 0.5) is 4.39 Å². The molecule has 0 aliphatic rings. The minimum absolute atomic E-state index is 0.143. The monoisotopic (exact) mass is 313 g/mol. The van der Waals surface area contributed by atoms with Gasteiger partial charge in [-0.3, -0.25) is 0 Å². The highest BCUT2D eigenvalue weighted by Gasteiger charge is 2.00. The second kappa shape index (κ2) is 5.76. The van der Waals surface area contributed by atoms with Gasteiger partial charge in [0.1, 0.15) is 5.82 Å². The first kappa shape index (κ1) is 12.7. The number of hydrogen-bond donors (Lipinski definition) is 1. The summed E-state index contributed by atoms with van der Waals surface area (Å²) >= 11 is 5.15. The molecule has 0 spiro atoms. The van der Waals surface area contributed by atoms with Crippen molar-refractivity contribution in [3.63, 3.8) is 0 Å². The Morgan fingerprint density at radius 1 is 1.29 bits per heavy atom. The lowest BCUT2D eigenvalue weighted by Gasteiger charge is -2.05. The van der Waals surface area contributed by atoms with Crippen molar-refractivity contribution in [2.45, 2.75) is 20.0 Å². The van der Waals surface area contributed by atoms with Crippen molar-refractivity contribution in [1.29, 1.82) is 0 Å². The Morgan fingerprint density at radius 3 is 2.76 bits per heavy atom. The molecule has 17 heavy (non-hydrogen) atoms. The van der Waals surface area contributed by atoms with E-state index < -0.39 is 0 Å². The SMILES string of the molecule is Cc1cc(CNCc2cc(Br)cs2)ccc1F. The van der Waals surface area contributed by atoms with Crippen molar-refractivity contribution in [3.8, 4) is 0 Å². The fourth-order valence-electron chi connectivity index (χ4n) is 1.59. The van der Waals surface area contributed by atoms with Crippen molar-refractivity contribution in [3.05, 3.63) is 55.9 Å². The lowest BCUT2D eigenvalue weighted by Crippen LogP contribution is -2.11. The van der Waals surface area contributed by atoms with Crippen LogP contribution in [0.3, 0.4) is 0 Å². The smallest absolute Gasteiger partial charge is 0.126 e. The van der Waals surface area contributed by atoms with Gasteiger partial charge in [0, 0.05) is 27.8 Å². The summed E-state index contributed by atoms with van der Waals surface area (Å²) in [6.45, 7) is 3.39. The summed E-state index contributed by atoms with van der Waals surface area (Å²) in [5.74, 6) is -0.143. The van der Waals surface area contributed by atoms with Crippen molar-refractivity contribution in [2.75, 3.05) is 0 Å². The Hall–Kier alpha value is -0.710. The van der Waals surface area contributed by atoms with Crippen LogP contribution in [0.5, 0.6) is 0 Å². The third kappa shape index (κ3) is 3.63. The highest BCUT2D eigenvalue weighted by Crippen LogP contribution is 2.19. The molecule has 0 aliphatic heterocycles. The van der Waals surface area contributed by atoms with Crippen LogP contribution in [0, 0.1) is 12.7 Å². The minimum Gasteiger partial charge on any atom is -0.308 e. The van der Waals surface area contributed by atoms with Crippen LogP contribution in [0.2, 0.25) is 0 Å². The van der Waals surface area contributed by atoms with Crippen LogP contribution in [0.15, 0.2) is 34.1 Å². The molecule has 4 heteroatoms. The van der Waals surface area contributed by atoms with E-state index in [1.807, 2.05) is 12.1 Å². The standard InChI is InChI=1S/C13H13BrFNS/c1-9-4-10(2-3-13(9)15)6-16-7-12-5-11(14)8-17-12/h2-5,8,16H,6-7H2,1H3. The number of benzene rings is 1. The summed E-state index contributed by atoms with van der Waals surface area (Å²) in [7, 11) is 0. The van der Waals surface area contributed by atoms with Gasteiger partial charge in [0.05, 0.1) is 0 Å². The maximum atomic E-state index is 13.1. The Balaban J connectivity index is 1.87. The van der Waals surface area contributed by atoms with Crippen LogP contribution in [0.25, 0.3) is 0 Å². The van der Waals surface area contributed by atoms with Crippen molar-refractivity contribution >= 4 is 27.3 Å². The van der Waals surface area contributed by atoms with Crippen molar-refractivity contribution in [2.24, 2.45) is 0 Å². The van der Waals surface area contributed by atoms with Gasteiger partial charge in [-0.25, -0.2) is 4.39 Å². The summed E-state index contributed by atoms with van der Waals surface area (Å²) in [6.07, 6.45) is 0. The number of thiophene rings is 1. The molecular formula is C13H13BrFNS. The minimum atomic E-state index is -0.143. The number of aryl methyl sites for hydroxylation is 1. The first-order chi connectivity index (χ1) is 8.15. The fourth-order valence-corrected chi connectivity index (χ4v) is 3.01. The molecule has 1 nitrogen and oxygen atoms in total. The molecule has 0 saturated carbocycles. The molecule has 2 aromatic rings. The number of nitrogens with one attached hydrogen (secondary N) is 1. The maximum Gasteiger partial charge on any atom is 0.126 e. The number of halogens is 2. The topological polar surface area (TPSA) is 12.0 Å². The Labute approximate surface area is 113 Å². The summed E-state index contributed by atoms with van der Waals surface area (Å²) in [5.41, 5.74) is 1.81. The van der Waals surface area contributed by atoms with Crippen LogP contribution in [-0.4, -0.2) is 0 Å². The van der Waals surface area contributed by atoms with Gasteiger partial charge in [0.2, 0.25) is 0 Å². The molecule has 2 rings (SSSR count). The molecule has 0 amide bonds. The van der Waals surface area contributed by atoms with Crippen LogP contribution >= 0.6 is 27.3 Å². The second-order valence-electron chi connectivity index (χ2n) is 3.92. The molecular weight excluding hydrogens is 301 g/mol. The largest absolute Gasteiger partial charge is 0.308 e. The summed E-state index contributed by atoms with van der Waals surface area (Å²) in [5, 5.41) is 5.41. The zero-order chi connectivity index (χ0) is 12.3. The van der Waals surface area contributed by atoms with E-state index in [1.54, 1.807) is 18.3 Å². The first-order valence-electron chi connectivity index (χ1n) is 5.34. The van der Waals surface area contributed by atoms with Gasteiger partial charge < -0.3 is 5.32 Å². The average molecular weight is 314 g/mol. The molecule has 0 saturated heterocycles. The van der Waals surface area contributed by atoms with Gasteiger partial charge >= 0.3 is 0 Å². The van der Waals surface area contributed by atoms with Crippen molar-refractivity contribution in [1.82, 2.24) is 5.32 Å². The lowest BCUT2D eigenvalue weighted by molar-refractivity contribution is 0.615. The van der Waals surface area contributed by atoms with E-state index in [0.717, 1.165) is 23.1 Å². The van der Waals surface area contributed by atoms with E-state index in [1.165, 1.54) is 10.9 Å². The third-order valence-electron chi connectivity index (χ3n) is 2.47. The highest BCUT2D eigenvalue weighted by atomic mass is 79.9. The summed E-state index contributed by atoms with van der Waals surface area (Å²) < 4.78 is 14.2. The predicted molar refractivity (Wildman–Crippen MR) is 73.7 cm³/mol. The van der Waals surface area contributed by atoms with Crippen molar-refractivity contribution < 1.29 is 4.39 Å². The second-order valence-corrected chi connectivity index (χ2v) is 5.83. The molecule has 1 N–H and O–H groups in total. The summed E-state index contributed by atoms with van der Waals surface area (Å²) in [4.78, 5) is 1.29. The van der Waals surface area contributed by atoms with Gasteiger partial charge in [-0.2, -0.15) is 0 Å². The van der Waals surface area contributed by atoms with E-state index in [-0.39, 0.29) is 5.82 Å². The van der Waals surface area contributed by atoms with E-state index in [0.29, 0.717) is 5.56 Å². The third-order valence-corrected chi connectivity index (χ3v) is 4.17. The van der Waals surface area contributed by atoms with Gasteiger partial charge in [-0.1, -0.05) is 12.1 Å². The molecule has 1 heterocycles. The first-order valence-corrected chi connectivity index (χ1v) is 7.01. The van der Waals surface area contributed by atoms with E-state index in [2.05, 4.69) is 32.7 Å². The van der Waals surface area contributed by atoms with Gasteiger partial charge in [0.25, 0.3) is 0 Å². The molecule has 1 aromatic heterocycles. The van der Waals surface area contributed by atoms with E-state index in [4.69, 9.17) is 0 Å². The molecule has 0 unspecified atom stereocenters. The molecule has 1 aromatic carbocycles. The zero-order valence-corrected chi connectivity index (χ0v) is 11.9. The summed E-state index contributed by atoms with van der Waals surface area (Å²) in [6, 6.07) is 7.33. The number of rotatable bonds is 4. The Bertz CT molecular complexity index is 510. The molecule has 0 bridgehead atoms. The normalized spacial score (nSPS) is 10.8. The van der Waals surface area contributed by atoms with E-state index in [9.17, 15) is 4.39 Å². The van der Waals surface area contributed by atoms with Crippen LogP contribution < -0.4 is 5.32 Å². The Morgan fingerprint density at radius 2 is 2.12 bits per heavy atom.